The molecule has 0 amide bonds. The van der Waals surface area contributed by atoms with E-state index >= 15 is 0 Å². The molecule has 1 atom stereocenters. The van der Waals surface area contributed by atoms with Crippen molar-refractivity contribution in [2.45, 2.75) is 77.5 Å². The average Bonchev–Trinajstić information content (AvgIpc) is 3.47. The first-order chi connectivity index (χ1) is 15.6. The summed E-state index contributed by atoms with van der Waals surface area (Å²) in [6.45, 7) is 5.99. The third-order valence-electron chi connectivity index (χ3n) is 6.55. The van der Waals surface area contributed by atoms with Gasteiger partial charge < -0.3 is 9.72 Å². The van der Waals surface area contributed by atoms with Crippen LogP contribution in [0, 0.1) is 6.92 Å². The molecular weight excluding hydrogens is 404 g/mol. The molecule has 1 aliphatic carbocycles. The van der Waals surface area contributed by atoms with Crippen LogP contribution in [0.1, 0.15) is 68.4 Å². The van der Waals surface area contributed by atoms with Crippen LogP contribution >= 0.6 is 0 Å². The first-order valence-electron chi connectivity index (χ1n) is 11.7. The molecule has 8 heteroatoms. The average molecular weight is 439 g/mol. The highest BCUT2D eigenvalue weighted by molar-refractivity contribution is 5.79. The molecule has 1 N–H and O–H groups in total. The number of nitrogens with zero attached hydrogens (tertiary/aromatic N) is 5. The van der Waals surface area contributed by atoms with Crippen LogP contribution in [0.25, 0.3) is 10.9 Å². The standard InChI is InChI=1S/C24H34N6O2/c1-4-7-22(23-26-27-28-30(23)12-13-32-3)29(20-8-5-6-9-20)16-19-15-18-11-10-17(2)14-21(18)25-24(19)31/h10-11,14-15,20,22H,4-9,12-13,16H2,1-3H3,(H,25,31)/t22-/m0/s1. The Morgan fingerprint density at radius 2 is 2.09 bits per heavy atom. The minimum absolute atomic E-state index is 0.0136. The van der Waals surface area contributed by atoms with Gasteiger partial charge in [-0.3, -0.25) is 9.69 Å². The minimum Gasteiger partial charge on any atom is -0.383 e. The minimum atomic E-state index is -0.0136. The molecule has 8 nitrogen and oxygen atoms in total. The van der Waals surface area contributed by atoms with Crippen molar-refractivity contribution in [1.82, 2.24) is 30.1 Å². The lowest BCUT2D eigenvalue weighted by Gasteiger charge is -2.35. The number of aryl methyl sites for hydroxylation is 1. The normalized spacial score (nSPS) is 15.8. The maximum atomic E-state index is 13.0. The SMILES string of the molecule is CCC[C@@H](c1nnnn1CCOC)N(Cc1cc2ccc(C)cc2[nH]c1=O)C1CCCC1. The molecule has 0 aliphatic heterocycles. The number of aromatic amines is 1. The van der Waals surface area contributed by atoms with Gasteiger partial charge >= 0.3 is 0 Å². The van der Waals surface area contributed by atoms with E-state index in [0.717, 1.165) is 53.5 Å². The summed E-state index contributed by atoms with van der Waals surface area (Å²) in [7, 11) is 1.69. The fourth-order valence-corrected chi connectivity index (χ4v) is 4.91. The summed E-state index contributed by atoms with van der Waals surface area (Å²) in [5, 5.41) is 13.7. The number of benzene rings is 1. The molecule has 2 heterocycles. The van der Waals surface area contributed by atoms with Crippen molar-refractivity contribution in [1.29, 1.82) is 0 Å². The lowest BCUT2D eigenvalue weighted by atomic mass is 10.0. The molecule has 172 valence electrons. The van der Waals surface area contributed by atoms with E-state index in [0.29, 0.717) is 25.7 Å². The van der Waals surface area contributed by atoms with Gasteiger partial charge in [0.15, 0.2) is 5.82 Å². The molecule has 0 bridgehead atoms. The molecule has 4 rings (SSSR count). The predicted octanol–water partition coefficient (Wildman–Crippen LogP) is 3.76. The Morgan fingerprint density at radius 3 is 2.84 bits per heavy atom. The van der Waals surface area contributed by atoms with Gasteiger partial charge in [-0.25, -0.2) is 4.68 Å². The molecule has 1 saturated carbocycles. The number of hydrogen-bond acceptors (Lipinski definition) is 6. The van der Waals surface area contributed by atoms with Crippen LogP contribution in [0.3, 0.4) is 0 Å². The second-order valence-corrected chi connectivity index (χ2v) is 8.88. The van der Waals surface area contributed by atoms with Gasteiger partial charge in [-0.05, 0) is 59.7 Å². The van der Waals surface area contributed by atoms with Crippen LogP contribution in [0.15, 0.2) is 29.1 Å². The van der Waals surface area contributed by atoms with E-state index in [9.17, 15) is 4.79 Å². The number of fused-ring (bicyclic) bond motifs is 1. The van der Waals surface area contributed by atoms with Crippen LogP contribution in [0.2, 0.25) is 0 Å². The largest absolute Gasteiger partial charge is 0.383 e. The van der Waals surface area contributed by atoms with Crippen LogP contribution < -0.4 is 5.56 Å². The molecule has 0 radical (unpaired) electrons. The number of tetrazole rings is 1. The highest BCUT2D eigenvalue weighted by atomic mass is 16.5. The van der Waals surface area contributed by atoms with Crippen LogP contribution in [-0.2, 0) is 17.8 Å². The quantitative estimate of drug-likeness (QED) is 0.519. The molecule has 1 aromatic carbocycles. The Hall–Kier alpha value is -2.58. The van der Waals surface area contributed by atoms with Gasteiger partial charge in [0.1, 0.15) is 0 Å². The van der Waals surface area contributed by atoms with Gasteiger partial charge in [0.2, 0.25) is 0 Å². The van der Waals surface area contributed by atoms with E-state index in [1.165, 1.54) is 12.8 Å². The van der Waals surface area contributed by atoms with Crippen LogP contribution in [-0.4, -0.2) is 49.8 Å². The van der Waals surface area contributed by atoms with Gasteiger partial charge in [0.25, 0.3) is 5.56 Å². The topological polar surface area (TPSA) is 88.9 Å². The van der Waals surface area contributed by atoms with Gasteiger partial charge in [0, 0.05) is 30.8 Å². The maximum Gasteiger partial charge on any atom is 0.252 e. The molecular formula is C24H34N6O2. The third-order valence-corrected chi connectivity index (χ3v) is 6.55. The zero-order chi connectivity index (χ0) is 22.5. The first-order valence-corrected chi connectivity index (χ1v) is 11.7. The van der Waals surface area contributed by atoms with Crippen molar-refractivity contribution in [2.75, 3.05) is 13.7 Å². The van der Waals surface area contributed by atoms with Crippen molar-refractivity contribution in [3.63, 3.8) is 0 Å². The highest BCUT2D eigenvalue weighted by Crippen LogP contribution is 2.34. The van der Waals surface area contributed by atoms with Crippen LogP contribution in [0.4, 0.5) is 0 Å². The van der Waals surface area contributed by atoms with Gasteiger partial charge in [-0.1, -0.05) is 38.3 Å². The van der Waals surface area contributed by atoms with Crippen LogP contribution in [0.5, 0.6) is 0 Å². The lowest BCUT2D eigenvalue weighted by Crippen LogP contribution is -2.39. The first kappa shape index (κ1) is 22.6. The number of pyridine rings is 1. The number of nitrogens with one attached hydrogen (secondary N) is 1. The summed E-state index contributed by atoms with van der Waals surface area (Å²) < 4.78 is 7.12. The summed E-state index contributed by atoms with van der Waals surface area (Å²) >= 11 is 0. The molecule has 1 aliphatic rings. The van der Waals surface area contributed by atoms with E-state index in [2.05, 4.69) is 44.5 Å². The molecule has 1 fully saturated rings. The Morgan fingerprint density at radius 1 is 1.28 bits per heavy atom. The van der Waals surface area contributed by atoms with Crippen molar-refractivity contribution >= 4 is 10.9 Å². The molecule has 3 aromatic rings. The summed E-state index contributed by atoms with van der Waals surface area (Å²) in [6.07, 6.45) is 6.69. The van der Waals surface area contributed by atoms with E-state index < -0.39 is 0 Å². The maximum absolute atomic E-state index is 13.0. The summed E-state index contributed by atoms with van der Waals surface area (Å²) in [4.78, 5) is 18.6. The second kappa shape index (κ2) is 10.4. The summed E-state index contributed by atoms with van der Waals surface area (Å²) in [6, 6.07) is 8.73. The van der Waals surface area contributed by atoms with Crippen molar-refractivity contribution in [3.8, 4) is 0 Å². The monoisotopic (exact) mass is 438 g/mol. The molecule has 0 unspecified atom stereocenters. The molecule has 2 aromatic heterocycles. The fraction of sp³-hybridized carbons (Fsp3) is 0.583. The van der Waals surface area contributed by atoms with Gasteiger partial charge in [0.05, 0.1) is 19.2 Å². The van der Waals surface area contributed by atoms with Gasteiger partial charge in [-0.2, -0.15) is 0 Å². The van der Waals surface area contributed by atoms with E-state index in [-0.39, 0.29) is 11.6 Å². The number of rotatable bonds is 10. The number of methoxy groups -OCH3 is 1. The second-order valence-electron chi connectivity index (χ2n) is 8.88. The van der Waals surface area contributed by atoms with Crippen molar-refractivity contribution in [2.24, 2.45) is 0 Å². The van der Waals surface area contributed by atoms with E-state index in [1.807, 2.05) is 23.7 Å². The molecule has 32 heavy (non-hydrogen) atoms. The number of aromatic nitrogens is 5. The Bertz CT molecular complexity index is 1090. The Kier molecular flexibility index (Phi) is 7.32. The summed E-state index contributed by atoms with van der Waals surface area (Å²) in [5.74, 6) is 0.864. The van der Waals surface area contributed by atoms with Gasteiger partial charge in [-0.15, -0.1) is 5.10 Å². The zero-order valence-electron chi connectivity index (χ0n) is 19.4. The van der Waals surface area contributed by atoms with E-state index in [4.69, 9.17) is 4.74 Å². The lowest BCUT2D eigenvalue weighted by molar-refractivity contribution is 0.105. The fourth-order valence-electron chi connectivity index (χ4n) is 4.91. The van der Waals surface area contributed by atoms with Crippen molar-refractivity contribution in [3.05, 3.63) is 51.6 Å². The molecule has 0 spiro atoms. The highest BCUT2D eigenvalue weighted by Gasteiger charge is 2.33. The summed E-state index contributed by atoms with van der Waals surface area (Å²) in [5.41, 5.74) is 2.81. The number of H-pyrrole nitrogens is 1. The zero-order valence-corrected chi connectivity index (χ0v) is 19.4. The smallest absolute Gasteiger partial charge is 0.252 e. The number of ether oxygens (including phenoxy) is 1. The Balaban J connectivity index is 1.71. The predicted molar refractivity (Wildman–Crippen MR) is 124 cm³/mol. The third kappa shape index (κ3) is 4.91. The van der Waals surface area contributed by atoms with Crippen molar-refractivity contribution < 1.29 is 4.74 Å². The van der Waals surface area contributed by atoms with E-state index in [1.54, 1.807) is 7.11 Å². The Labute approximate surface area is 189 Å². The number of hydrogen-bond donors (Lipinski definition) is 1. The molecule has 0 saturated heterocycles.